The Morgan fingerprint density at radius 3 is 2.61 bits per heavy atom. The largest absolute Gasteiger partial charge is 0.463 e. The highest BCUT2D eigenvalue weighted by atomic mass is 16.5. The molecule has 1 saturated carbocycles. The molecule has 8 heteroatoms. The SMILES string of the molecule is CO[C@H](C)C(=O)N[C@@H](CCC(=O)C=N)C(=O)OCCNC1CC1. The highest BCUT2D eigenvalue weighted by Gasteiger charge is 2.25. The zero-order valence-electron chi connectivity index (χ0n) is 13.6. The van der Waals surface area contributed by atoms with Crippen LogP contribution in [0.25, 0.3) is 0 Å². The molecule has 2 atom stereocenters. The average Bonchev–Trinajstić information content (AvgIpc) is 3.37. The molecule has 1 aliphatic carbocycles. The summed E-state index contributed by atoms with van der Waals surface area (Å²) in [6.07, 6.45) is 2.36. The van der Waals surface area contributed by atoms with E-state index in [-0.39, 0.29) is 19.4 Å². The van der Waals surface area contributed by atoms with Gasteiger partial charge in [-0.25, -0.2) is 4.79 Å². The number of methoxy groups -OCH3 is 1. The second-order valence-corrected chi connectivity index (χ2v) is 5.48. The van der Waals surface area contributed by atoms with Gasteiger partial charge in [0, 0.05) is 26.1 Å². The van der Waals surface area contributed by atoms with Crippen molar-refractivity contribution in [2.24, 2.45) is 0 Å². The molecule has 1 aliphatic rings. The van der Waals surface area contributed by atoms with Crippen LogP contribution in [0.4, 0.5) is 0 Å². The Bertz CT molecular complexity index is 437. The highest BCUT2D eigenvalue weighted by Crippen LogP contribution is 2.17. The first-order valence-corrected chi connectivity index (χ1v) is 7.74. The number of hydrogen-bond acceptors (Lipinski definition) is 7. The minimum Gasteiger partial charge on any atom is -0.463 e. The molecular formula is C15H25N3O5. The number of rotatable bonds is 12. The third kappa shape index (κ3) is 7.85. The fourth-order valence-electron chi connectivity index (χ4n) is 1.81. The summed E-state index contributed by atoms with van der Waals surface area (Å²) in [5.74, 6) is -1.45. The number of carbonyl (C=O) groups excluding carboxylic acids is 3. The molecule has 0 saturated heterocycles. The topological polar surface area (TPSA) is 118 Å². The monoisotopic (exact) mass is 327 g/mol. The van der Waals surface area contributed by atoms with Crippen molar-refractivity contribution in [2.75, 3.05) is 20.3 Å². The van der Waals surface area contributed by atoms with Crippen molar-refractivity contribution in [3.05, 3.63) is 0 Å². The van der Waals surface area contributed by atoms with E-state index in [1.165, 1.54) is 7.11 Å². The second kappa shape index (κ2) is 10.1. The van der Waals surface area contributed by atoms with E-state index >= 15 is 0 Å². The lowest BCUT2D eigenvalue weighted by Gasteiger charge is -2.19. The summed E-state index contributed by atoms with van der Waals surface area (Å²) in [5, 5.41) is 12.6. The number of carbonyl (C=O) groups is 3. The van der Waals surface area contributed by atoms with Crippen molar-refractivity contribution in [1.82, 2.24) is 10.6 Å². The van der Waals surface area contributed by atoms with E-state index in [0.29, 0.717) is 18.8 Å². The summed E-state index contributed by atoms with van der Waals surface area (Å²) in [5.41, 5.74) is 0. The maximum Gasteiger partial charge on any atom is 0.328 e. The number of amides is 1. The van der Waals surface area contributed by atoms with Crippen molar-refractivity contribution < 1.29 is 23.9 Å². The molecule has 0 radical (unpaired) electrons. The molecule has 23 heavy (non-hydrogen) atoms. The van der Waals surface area contributed by atoms with Gasteiger partial charge in [0.25, 0.3) is 0 Å². The Kier molecular flexibility index (Phi) is 8.42. The smallest absolute Gasteiger partial charge is 0.328 e. The molecule has 130 valence electrons. The van der Waals surface area contributed by atoms with Crippen LogP contribution in [0.5, 0.6) is 0 Å². The van der Waals surface area contributed by atoms with Gasteiger partial charge in [-0.15, -0.1) is 0 Å². The normalized spacial score (nSPS) is 16.3. The van der Waals surface area contributed by atoms with Crippen LogP contribution < -0.4 is 10.6 Å². The van der Waals surface area contributed by atoms with E-state index in [1.807, 2.05) is 0 Å². The zero-order valence-corrected chi connectivity index (χ0v) is 13.6. The highest BCUT2D eigenvalue weighted by molar-refractivity contribution is 6.26. The molecule has 1 rings (SSSR count). The summed E-state index contributed by atoms with van der Waals surface area (Å²) in [7, 11) is 1.39. The number of ketones is 1. The van der Waals surface area contributed by atoms with Gasteiger partial charge in [-0.1, -0.05) is 0 Å². The molecule has 1 fully saturated rings. The van der Waals surface area contributed by atoms with Gasteiger partial charge in [0.05, 0.1) is 6.21 Å². The molecule has 1 amide bonds. The summed E-state index contributed by atoms with van der Waals surface area (Å²) in [6, 6.07) is -0.401. The first-order chi connectivity index (χ1) is 11.0. The predicted molar refractivity (Wildman–Crippen MR) is 83.4 cm³/mol. The number of hydrogen-bond donors (Lipinski definition) is 3. The Labute approximate surface area is 135 Å². The van der Waals surface area contributed by atoms with E-state index < -0.39 is 29.8 Å². The van der Waals surface area contributed by atoms with Crippen molar-refractivity contribution in [3.8, 4) is 0 Å². The Hall–Kier alpha value is -1.80. The minimum atomic E-state index is -0.926. The van der Waals surface area contributed by atoms with Gasteiger partial charge in [-0.05, 0) is 26.2 Å². The van der Waals surface area contributed by atoms with Gasteiger partial charge >= 0.3 is 5.97 Å². The molecule has 0 unspecified atom stereocenters. The predicted octanol–water partition coefficient (Wildman–Crippen LogP) is -0.200. The van der Waals surface area contributed by atoms with Crippen LogP contribution in [0.15, 0.2) is 0 Å². The molecule has 0 aromatic heterocycles. The maximum absolute atomic E-state index is 12.1. The quantitative estimate of drug-likeness (QED) is 0.260. The number of nitrogens with one attached hydrogen (secondary N) is 3. The molecule has 8 nitrogen and oxygen atoms in total. The lowest BCUT2D eigenvalue weighted by Crippen LogP contribution is -2.46. The summed E-state index contributed by atoms with van der Waals surface area (Å²) in [6.45, 7) is 2.32. The maximum atomic E-state index is 12.1. The lowest BCUT2D eigenvalue weighted by atomic mass is 10.1. The summed E-state index contributed by atoms with van der Waals surface area (Å²) >= 11 is 0. The van der Waals surface area contributed by atoms with Crippen molar-refractivity contribution in [1.29, 1.82) is 5.41 Å². The van der Waals surface area contributed by atoms with Crippen LogP contribution in [0.3, 0.4) is 0 Å². The first-order valence-electron chi connectivity index (χ1n) is 7.74. The molecule has 0 aliphatic heterocycles. The van der Waals surface area contributed by atoms with Gasteiger partial charge in [-0.2, -0.15) is 0 Å². The lowest BCUT2D eigenvalue weighted by molar-refractivity contribution is -0.149. The standard InChI is InChI=1S/C15H25N3O5/c1-10(22-2)14(20)18-13(6-5-12(19)9-16)15(21)23-8-7-17-11-3-4-11/h9-11,13,16-17H,3-8H2,1-2H3,(H,18,20)/t10-,13+/m1/s1. The average molecular weight is 327 g/mol. The van der Waals surface area contributed by atoms with Crippen LogP contribution in [-0.2, 0) is 23.9 Å². The molecule has 0 aromatic carbocycles. The van der Waals surface area contributed by atoms with Crippen LogP contribution in [0, 0.1) is 5.41 Å². The van der Waals surface area contributed by atoms with Crippen LogP contribution >= 0.6 is 0 Å². The van der Waals surface area contributed by atoms with E-state index in [9.17, 15) is 14.4 Å². The Morgan fingerprint density at radius 1 is 1.35 bits per heavy atom. The van der Waals surface area contributed by atoms with Gasteiger partial charge < -0.3 is 25.5 Å². The van der Waals surface area contributed by atoms with E-state index in [0.717, 1.165) is 12.8 Å². The molecule has 0 heterocycles. The fourth-order valence-corrected chi connectivity index (χ4v) is 1.81. The summed E-state index contributed by atoms with van der Waals surface area (Å²) in [4.78, 5) is 35.1. The van der Waals surface area contributed by atoms with E-state index in [2.05, 4.69) is 10.6 Å². The third-order valence-electron chi connectivity index (χ3n) is 3.52. The third-order valence-corrected chi connectivity index (χ3v) is 3.52. The van der Waals surface area contributed by atoms with Gasteiger partial charge in [0.1, 0.15) is 18.8 Å². The number of esters is 1. The van der Waals surface area contributed by atoms with E-state index in [4.69, 9.17) is 14.9 Å². The molecule has 0 aromatic rings. The molecule has 3 N–H and O–H groups in total. The van der Waals surface area contributed by atoms with Gasteiger partial charge in [0.2, 0.25) is 5.91 Å². The van der Waals surface area contributed by atoms with Crippen molar-refractivity contribution >= 4 is 23.9 Å². The molecule has 0 spiro atoms. The van der Waals surface area contributed by atoms with Crippen LogP contribution in [0.2, 0.25) is 0 Å². The minimum absolute atomic E-state index is 0.00870. The fraction of sp³-hybridized carbons (Fsp3) is 0.733. The first kappa shape index (κ1) is 19.2. The van der Waals surface area contributed by atoms with Gasteiger partial charge in [0.15, 0.2) is 5.78 Å². The Balaban J connectivity index is 2.45. The number of ether oxygens (including phenoxy) is 2. The molecular weight excluding hydrogens is 302 g/mol. The second-order valence-electron chi connectivity index (χ2n) is 5.48. The van der Waals surface area contributed by atoms with Crippen LogP contribution in [0.1, 0.15) is 32.6 Å². The molecule has 0 bridgehead atoms. The summed E-state index contributed by atoms with van der Waals surface area (Å²) < 4.78 is 10.0. The van der Waals surface area contributed by atoms with Crippen molar-refractivity contribution in [2.45, 2.75) is 50.8 Å². The van der Waals surface area contributed by atoms with Crippen molar-refractivity contribution in [3.63, 3.8) is 0 Å². The Morgan fingerprint density at radius 2 is 2.04 bits per heavy atom. The zero-order chi connectivity index (χ0) is 17.2. The number of Topliss-reactive ketones (excluding diaryl/α,β-unsaturated/α-hetero) is 1. The van der Waals surface area contributed by atoms with Crippen LogP contribution in [-0.4, -0.2) is 62.3 Å². The van der Waals surface area contributed by atoms with Gasteiger partial charge in [-0.3, -0.25) is 9.59 Å². The van der Waals surface area contributed by atoms with E-state index in [1.54, 1.807) is 6.92 Å².